The molecule has 0 aliphatic carbocycles. The first-order chi connectivity index (χ1) is 51.7. The molecule has 0 saturated carbocycles. The van der Waals surface area contributed by atoms with Crippen molar-refractivity contribution in [2.45, 2.75) is 277 Å². The average Bonchev–Trinajstić information content (AvgIpc) is 0.907. The van der Waals surface area contributed by atoms with E-state index < -0.39 is 97.5 Å². The third-order valence-corrected chi connectivity index (χ3v) is 17.2. The normalized spacial score (nSPS) is 15.0. The van der Waals surface area contributed by atoms with Gasteiger partial charge in [0.25, 0.3) is 0 Å². The number of aliphatic hydroxyl groups excluding tert-OH is 1. The van der Waals surface area contributed by atoms with Crippen LogP contribution >= 0.6 is 15.6 Å². The van der Waals surface area contributed by atoms with Crippen LogP contribution in [0.2, 0.25) is 0 Å². The quantitative estimate of drug-likeness (QED) is 0.0169. The Labute approximate surface area is 639 Å². The van der Waals surface area contributed by atoms with E-state index in [4.69, 9.17) is 37.0 Å². The second-order valence-electron chi connectivity index (χ2n) is 25.2. The lowest BCUT2D eigenvalue weighted by Gasteiger charge is -2.21. The molecule has 0 bridgehead atoms. The van der Waals surface area contributed by atoms with Gasteiger partial charge in [0.2, 0.25) is 0 Å². The van der Waals surface area contributed by atoms with Gasteiger partial charge in [-0.05, 0) is 167 Å². The van der Waals surface area contributed by atoms with Gasteiger partial charge in [-0.15, -0.1) is 0 Å². The van der Waals surface area contributed by atoms with Gasteiger partial charge >= 0.3 is 39.5 Å². The minimum absolute atomic E-state index is 0.00154. The molecule has 0 aliphatic rings. The summed E-state index contributed by atoms with van der Waals surface area (Å²) >= 11 is 0. The van der Waals surface area contributed by atoms with Gasteiger partial charge < -0.3 is 33.8 Å². The number of esters is 4. The third-order valence-electron chi connectivity index (χ3n) is 15.3. The van der Waals surface area contributed by atoms with E-state index in [1.165, 1.54) is 19.3 Å². The number of ether oxygens (including phenoxy) is 4. The molecule has 17 nitrogen and oxygen atoms in total. The van der Waals surface area contributed by atoms with Crippen LogP contribution in [-0.4, -0.2) is 96.7 Å². The van der Waals surface area contributed by atoms with Gasteiger partial charge in [0.1, 0.15) is 19.3 Å². The molecule has 0 radical (unpaired) electrons. The maximum atomic E-state index is 13.1. The number of phosphoric acid groups is 2. The van der Waals surface area contributed by atoms with Gasteiger partial charge in [0.05, 0.1) is 32.8 Å². The van der Waals surface area contributed by atoms with Crippen LogP contribution in [0.5, 0.6) is 0 Å². The molecule has 0 rings (SSSR count). The summed E-state index contributed by atoms with van der Waals surface area (Å²) in [6.07, 6.45) is 95.7. The second kappa shape index (κ2) is 76.8. The number of allylic oxidation sites excluding steroid dienone is 33. The van der Waals surface area contributed by atoms with Crippen LogP contribution in [0.15, 0.2) is 207 Å². The molecule has 0 saturated heterocycles. The van der Waals surface area contributed by atoms with Crippen molar-refractivity contribution in [2.75, 3.05) is 39.6 Å². The molecule has 3 N–H and O–H groups in total. The topological polar surface area (TPSA) is 237 Å². The van der Waals surface area contributed by atoms with E-state index >= 15 is 0 Å². The standard InChI is InChI=1S/C87H136O17P2/c1-5-9-13-17-21-25-29-33-37-39-40-42-45-48-52-56-60-64-68-72-85(90)98-78-83(104-87(92)74-70-66-62-58-54-50-46-41-38-34-30-26-22-18-14-10-6-2)80-102-106(95,96)100-76-81(88)75-99-105(93,94)101-79-82(103-86(91)73-69-65-61-57-53-49-44-36-32-28-24-20-16-12-8-4)77-97-84(89)71-67-63-59-55-51-47-43-35-31-27-23-19-15-11-7-3/h10-12,14-16,21-28,33-38,40,42-44,46,50-51,53,55,57-58,62-63,67,81-83,88H,5-9,13,17-20,29-32,39,41,45,47-49,52,54,56,59-61,64-66,68-80H2,1-4H3,(H,93,94)(H,95,96)/b14-10-,15-11-,16-12-,25-21-,26-22-,27-23-,28-24-,37-33-,38-34-,42-40-,43-35-,44-36-,50-46-,55-51-,57-53-,62-58-,67-63-. The fourth-order valence-corrected chi connectivity index (χ4v) is 11.0. The summed E-state index contributed by atoms with van der Waals surface area (Å²) in [5.74, 6) is -2.48. The number of carbonyl (C=O) groups is 4. The van der Waals surface area contributed by atoms with Crippen LogP contribution in [0.4, 0.5) is 0 Å². The van der Waals surface area contributed by atoms with Crippen molar-refractivity contribution in [3.63, 3.8) is 0 Å². The Kier molecular flexibility index (Phi) is 72.2. The van der Waals surface area contributed by atoms with Crippen molar-refractivity contribution in [1.29, 1.82) is 0 Å². The highest BCUT2D eigenvalue weighted by molar-refractivity contribution is 7.47. The summed E-state index contributed by atoms with van der Waals surface area (Å²) in [7, 11) is -10.0. The maximum absolute atomic E-state index is 13.1. The van der Waals surface area contributed by atoms with Crippen LogP contribution in [0.3, 0.4) is 0 Å². The van der Waals surface area contributed by atoms with Crippen molar-refractivity contribution < 1.29 is 80.2 Å². The Balaban J connectivity index is 5.55. The largest absolute Gasteiger partial charge is 0.472 e. The van der Waals surface area contributed by atoms with Gasteiger partial charge in [-0.1, -0.05) is 273 Å². The molecule has 106 heavy (non-hydrogen) atoms. The molecular weight excluding hydrogens is 1380 g/mol. The number of hydrogen-bond acceptors (Lipinski definition) is 15. The Morgan fingerprint density at radius 1 is 0.283 bits per heavy atom. The first-order valence-corrected chi connectivity index (χ1v) is 42.3. The first-order valence-electron chi connectivity index (χ1n) is 39.3. The SMILES string of the molecule is CC/C=C\C/C=C\C/C=C\C/C=C\C/C=C\CCCC(=O)OC(COC(=O)CCCCCCCC/C=C\C/C=C\C/C=C\CCCCC)COP(=O)(O)OCC(O)COP(=O)(O)OCC(COC(=O)C/C=C\C/C=C\C/C=C\C/C=C\C/C=C\CC)OC(=O)CCCC/C=C\C/C=C\C/C=C\C/C=C\CC. The molecule has 0 aromatic heterocycles. The molecule has 0 amide bonds. The molecule has 0 spiro atoms. The molecule has 596 valence electrons. The van der Waals surface area contributed by atoms with Crippen molar-refractivity contribution in [3.05, 3.63) is 207 Å². The van der Waals surface area contributed by atoms with E-state index in [-0.39, 0.29) is 25.7 Å². The predicted octanol–water partition coefficient (Wildman–Crippen LogP) is 23.1. The van der Waals surface area contributed by atoms with Crippen molar-refractivity contribution in [3.8, 4) is 0 Å². The average molecular weight is 1520 g/mol. The number of phosphoric ester groups is 2. The van der Waals surface area contributed by atoms with Gasteiger partial charge in [-0.25, -0.2) is 9.13 Å². The van der Waals surface area contributed by atoms with Gasteiger partial charge in [-0.3, -0.25) is 37.3 Å². The lowest BCUT2D eigenvalue weighted by atomic mass is 10.1. The van der Waals surface area contributed by atoms with Crippen LogP contribution in [0, 0.1) is 0 Å². The highest BCUT2D eigenvalue weighted by atomic mass is 31.2. The Morgan fingerprint density at radius 3 is 0.896 bits per heavy atom. The fourth-order valence-electron chi connectivity index (χ4n) is 9.38. The van der Waals surface area contributed by atoms with E-state index in [1.54, 1.807) is 6.08 Å². The van der Waals surface area contributed by atoms with Crippen molar-refractivity contribution in [2.24, 2.45) is 0 Å². The monoisotopic (exact) mass is 1510 g/mol. The number of rotatable bonds is 71. The minimum Gasteiger partial charge on any atom is -0.462 e. The zero-order valence-electron chi connectivity index (χ0n) is 65.0. The van der Waals surface area contributed by atoms with Crippen molar-refractivity contribution in [1.82, 2.24) is 0 Å². The second-order valence-corrected chi connectivity index (χ2v) is 28.1. The minimum atomic E-state index is -5.02. The molecule has 0 aliphatic heterocycles. The third kappa shape index (κ3) is 75.9. The number of aliphatic hydroxyl groups is 1. The summed E-state index contributed by atoms with van der Waals surface area (Å²) in [4.78, 5) is 72.9. The van der Waals surface area contributed by atoms with E-state index in [2.05, 4.69) is 192 Å². The summed E-state index contributed by atoms with van der Waals surface area (Å²) in [6, 6.07) is 0. The molecule has 5 atom stereocenters. The lowest BCUT2D eigenvalue weighted by molar-refractivity contribution is -0.161. The molecule has 5 unspecified atom stereocenters. The molecule has 0 fully saturated rings. The zero-order valence-corrected chi connectivity index (χ0v) is 66.8. The first kappa shape index (κ1) is 99.6. The Hall–Kier alpha value is -6.36. The van der Waals surface area contributed by atoms with Crippen LogP contribution in [0.25, 0.3) is 0 Å². The maximum Gasteiger partial charge on any atom is 0.472 e. The van der Waals surface area contributed by atoms with Gasteiger partial charge in [-0.2, -0.15) is 0 Å². The molecule has 19 heteroatoms. The van der Waals surface area contributed by atoms with Gasteiger partial charge in [0.15, 0.2) is 12.2 Å². The summed E-state index contributed by atoms with van der Waals surface area (Å²) in [5, 5.41) is 10.6. The van der Waals surface area contributed by atoms with Crippen LogP contribution in [0.1, 0.15) is 259 Å². The van der Waals surface area contributed by atoms with E-state index in [1.807, 2.05) is 36.5 Å². The number of unbranched alkanes of at least 4 members (excludes halogenated alkanes) is 12. The summed E-state index contributed by atoms with van der Waals surface area (Å²) in [5.41, 5.74) is 0. The van der Waals surface area contributed by atoms with Gasteiger partial charge in [0, 0.05) is 19.3 Å². The Bertz CT molecular complexity index is 2830. The molecule has 0 aromatic rings. The smallest absolute Gasteiger partial charge is 0.462 e. The van der Waals surface area contributed by atoms with E-state index in [0.717, 1.165) is 148 Å². The van der Waals surface area contributed by atoms with Crippen molar-refractivity contribution >= 4 is 39.5 Å². The summed E-state index contributed by atoms with van der Waals surface area (Å²) in [6.45, 7) is 4.21. The molecule has 0 aromatic carbocycles. The zero-order chi connectivity index (χ0) is 77.4. The number of hydrogen-bond donors (Lipinski definition) is 3. The van der Waals surface area contributed by atoms with E-state index in [9.17, 15) is 43.2 Å². The van der Waals surface area contributed by atoms with E-state index in [0.29, 0.717) is 38.5 Å². The lowest BCUT2D eigenvalue weighted by Crippen LogP contribution is -2.30. The summed E-state index contributed by atoms with van der Waals surface area (Å²) < 4.78 is 68.3. The highest BCUT2D eigenvalue weighted by Crippen LogP contribution is 2.45. The predicted molar refractivity (Wildman–Crippen MR) is 435 cm³/mol. The highest BCUT2D eigenvalue weighted by Gasteiger charge is 2.30. The number of carbonyl (C=O) groups excluding carboxylic acids is 4. The van der Waals surface area contributed by atoms with Crippen LogP contribution < -0.4 is 0 Å². The molecule has 0 heterocycles. The molecular formula is C87H136O17P2. The fraction of sp³-hybridized carbons (Fsp3) is 0.563. The Morgan fingerprint density at radius 2 is 0.538 bits per heavy atom. The van der Waals surface area contributed by atoms with Crippen LogP contribution in [-0.2, 0) is 65.4 Å².